The topological polar surface area (TPSA) is 18.5 Å². The van der Waals surface area contributed by atoms with Crippen molar-refractivity contribution in [3.05, 3.63) is 22.3 Å². The Kier molecular flexibility index (Phi) is 2.81. The first kappa shape index (κ1) is 13.3. The van der Waals surface area contributed by atoms with Crippen molar-refractivity contribution in [3.8, 4) is 11.5 Å². The predicted molar refractivity (Wildman–Crippen MR) is 87.4 cm³/mol. The van der Waals surface area contributed by atoms with E-state index < -0.39 is 0 Å². The highest BCUT2D eigenvalue weighted by Gasteiger charge is 2.49. The Hall–Kier alpha value is -1.18. The number of rotatable bonds is 4. The Morgan fingerprint density at radius 1 is 0.636 bits per heavy atom. The van der Waals surface area contributed by atoms with Gasteiger partial charge in [0.05, 0.1) is 13.2 Å². The number of hydrogen-bond donors (Lipinski definition) is 0. The van der Waals surface area contributed by atoms with E-state index in [1.54, 1.807) is 22.3 Å². The molecule has 4 atom stereocenters. The molecular formula is C20H26O2. The van der Waals surface area contributed by atoms with Gasteiger partial charge in [-0.15, -0.1) is 0 Å². The minimum atomic E-state index is 0.741. The Morgan fingerprint density at radius 2 is 0.955 bits per heavy atom. The van der Waals surface area contributed by atoms with E-state index >= 15 is 0 Å². The summed E-state index contributed by atoms with van der Waals surface area (Å²) in [6, 6.07) is 0. The van der Waals surface area contributed by atoms with Crippen molar-refractivity contribution in [2.45, 2.75) is 76.0 Å². The molecule has 2 heteroatoms. The molecule has 2 nitrogen and oxygen atoms in total. The highest BCUT2D eigenvalue weighted by atomic mass is 16.5. The van der Waals surface area contributed by atoms with Gasteiger partial charge in [-0.2, -0.15) is 0 Å². The fraction of sp³-hybridized carbons (Fsp3) is 0.700. The van der Waals surface area contributed by atoms with Crippen molar-refractivity contribution in [1.82, 2.24) is 0 Å². The zero-order chi connectivity index (χ0) is 14.8. The van der Waals surface area contributed by atoms with E-state index in [4.69, 9.17) is 9.47 Å². The van der Waals surface area contributed by atoms with Crippen LogP contribution in [0.3, 0.4) is 0 Å². The number of ether oxygens (including phenoxy) is 2. The van der Waals surface area contributed by atoms with Gasteiger partial charge in [0.25, 0.3) is 0 Å². The molecule has 4 aliphatic carbocycles. The van der Waals surface area contributed by atoms with E-state index in [1.807, 2.05) is 0 Å². The summed E-state index contributed by atoms with van der Waals surface area (Å²) in [6.45, 7) is 5.86. The quantitative estimate of drug-likeness (QED) is 0.759. The van der Waals surface area contributed by atoms with Gasteiger partial charge in [-0.3, -0.25) is 0 Å². The first-order valence-electron chi connectivity index (χ1n) is 9.32. The molecule has 0 heterocycles. The Bertz CT molecular complexity index is 533. The molecule has 0 spiro atoms. The molecule has 0 saturated heterocycles. The van der Waals surface area contributed by atoms with Gasteiger partial charge >= 0.3 is 0 Å². The van der Waals surface area contributed by atoms with E-state index in [9.17, 15) is 0 Å². The number of hydrogen-bond acceptors (Lipinski definition) is 2. The third kappa shape index (κ3) is 1.51. The van der Waals surface area contributed by atoms with Crippen LogP contribution >= 0.6 is 0 Å². The zero-order valence-electron chi connectivity index (χ0n) is 13.8. The summed E-state index contributed by atoms with van der Waals surface area (Å²) in [5, 5.41) is 0. The summed E-state index contributed by atoms with van der Waals surface area (Å²) in [7, 11) is 0. The molecule has 0 N–H and O–H groups in total. The van der Waals surface area contributed by atoms with Crippen LogP contribution in [0.15, 0.2) is 0 Å². The highest BCUT2D eigenvalue weighted by Crippen LogP contribution is 2.67. The first-order valence-corrected chi connectivity index (χ1v) is 9.32. The summed E-state index contributed by atoms with van der Waals surface area (Å²) in [4.78, 5) is 0. The molecule has 5 rings (SSSR count). The lowest BCUT2D eigenvalue weighted by atomic mass is 9.81. The number of benzene rings is 1. The Labute approximate surface area is 133 Å². The van der Waals surface area contributed by atoms with Crippen molar-refractivity contribution in [2.75, 3.05) is 13.2 Å². The van der Waals surface area contributed by atoms with E-state index in [0.29, 0.717) is 0 Å². The van der Waals surface area contributed by atoms with E-state index in [-0.39, 0.29) is 0 Å². The van der Waals surface area contributed by atoms with E-state index in [2.05, 4.69) is 13.8 Å². The van der Waals surface area contributed by atoms with Crippen LogP contribution in [0.25, 0.3) is 0 Å². The third-order valence-electron chi connectivity index (χ3n) is 6.63. The van der Waals surface area contributed by atoms with Crippen LogP contribution in [-0.2, 0) is 0 Å². The molecule has 0 aromatic heterocycles. The third-order valence-corrected chi connectivity index (χ3v) is 6.63. The summed E-state index contributed by atoms with van der Waals surface area (Å²) in [5.41, 5.74) is 6.25. The molecule has 4 unspecified atom stereocenters. The minimum absolute atomic E-state index is 0.741. The van der Waals surface area contributed by atoms with Crippen LogP contribution < -0.4 is 9.47 Å². The fourth-order valence-corrected chi connectivity index (χ4v) is 6.01. The Morgan fingerprint density at radius 3 is 1.23 bits per heavy atom. The lowest BCUT2D eigenvalue weighted by Gasteiger charge is -2.29. The maximum Gasteiger partial charge on any atom is 0.127 e. The summed E-state index contributed by atoms with van der Waals surface area (Å²) >= 11 is 0. The molecule has 1 aromatic carbocycles. The van der Waals surface area contributed by atoms with Gasteiger partial charge in [0.2, 0.25) is 0 Å². The fourth-order valence-electron chi connectivity index (χ4n) is 6.01. The summed E-state index contributed by atoms with van der Waals surface area (Å²) in [6.07, 6.45) is 8.11. The van der Waals surface area contributed by atoms with E-state index in [1.165, 1.54) is 50.0 Å². The maximum atomic E-state index is 6.27. The molecule has 0 radical (unpaired) electrons. The van der Waals surface area contributed by atoms with Crippen LogP contribution in [0, 0.1) is 0 Å². The molecule has 4 bridgehead atoms. The highest BCUT2D eigenvalue weighted by molar-refractivity contribution is 5.68. The average Bonchev–Trinajstić information content (AvgIpc) is 3.29. The lowest BCUT2D eigenvalue weighted by molar-refractivity contribution is 0.314. The normalized spacial score (nSPS) is 33.2. The van der Waals surface area contributed by atoms with Crippen LogP contribution in [0.1, 0.15) is 98.3 Å². The van der Waals surface area contributed by atoms with Crippen LogP contribution in [0.4, 0.5) is 0 Å². The van der Waals surface area contributed by atoms with Crippen LogP contribution in [0.2, 0.25) is 0 Å². The second-order valence-electron chi connectivity index (χ2n) is 7.59. The molecule has 4 aliphatic rings. The van der Waals surface area contributed by atoms with Gasteiger partial charge in [-0.1, -0.05) is 0 Å². The van der Waals surface area contributed by atoms with Crippen molar-refractivity contribution < 1.29 is 9.47 Å². The molecule has 2 saturated carbocycles. The summed E-state index contributed by atoms with van der Waals surface area (Å²) in [5.74, 6) is 5.57. The maximum absolute atomic E-state index is 6.27. The second kappa shape index (κ2) is 4.66. The Balaban J connectivity index is 1.81. The smallest absolute Gasteiger partial charge is 0.127 e. The van der Waals surface area contributed by atoms with Gasteiger partial charge in [-0.25, -0.2) is 0 Å². The zero-order valence-corrected chi connectivity index (χ0v) is 13.8. The van der Waals surface area contributed by atoms with Gasteiger partial charge in [-0.05, 0) is 76.0 Å². The van der Waals surface area contributed by atoms with Crippen LogP contribution in [0.5, 0.6) is 11.5 Å². The van der Waals surface area contributed by atoms with Gasteiger partial charge in [0, 0.05) is 22.3 Å². The molecule has 2 fully saturated rings. The average molecular weight is 298 g/mol. The van der Waals surface area contributed by atoms with Crippen molar-refractivity contribution in [3.63, 3.8) is 0 Å². The lowest BCUT2D eigenvalue weighted by Crippen LogP contribution is -2.13. The first-order chi connectivity index (χ1) is 10.8. The van der Waals surface area contributed by atoms with Gasteiger partial charge in [0.15, 0.2) is 0 Å². The molecular weight excluding hydrogens is 272 g/mol. The van der Waals surface area contributed by atoms with Crippen molar-refractivity contribution in [1.29, 1.82) is 0 Å². The van der Waals surface area contributed by atoms with Crippen molar-refractivity contribution in [2.24, 2.45) is 0 Å². The molecule has 22 heavy (non-hydrogen) atoms. The molecule has 0 aliphatic heterocycles. The van der Waals surface area contributed by atoms with Gasteiger partial charge in [0.1, 0.15) is 11.5 Å². The van der Waals surface area contributed by atoms with Crippen LogP contribution in [-0.4, -0.2) is 13.2 Å². The summed E-state index contributed by atoms with van der Waals surface area (Å²) < 4.78 is 12.5. The minimum Gasteiger partial charge on any atom is -0.493 e. The SMILES string of the molecule is CCOc1c2c(c(OCC)c3c1C1CCC3C1)C1CCC2C1. The standard InChI is InChI=1S/C20H26O2/c1-3-21-19-15-11-5-7-13(9-11)17(15)20(22-4-2)18-14-8-6-12(10-14)16(18)19/h11-14H,3-10H2,1-2H3. The molecule has 1 aromatic rings. The van der Waals surface area contributed by atoms with Crippen molar-refractivity contribution >= 4 is 0 Å². The molecule has 118 valence electrons. The van der Waals surface area contributed by atoms with E-state index in [0.717, 1.165) is 36.9 Å². The second-order valence-corrected chi connectivity index (χ2v) is 7.59. The number of fused-ring (bicyclic) bond motifs is 10. The largest absolute Gasteiger partial charge is 0.493 e. The monoisotopic (exact) mass is 298 g/mol. The van der Waals surface area contributed by atoms with Gasteiger partial charge < -0.3 is 9.47 Å². The predicted octanol–water partition coefficient (Wildman–Crippen LogP) is 5.21. The molecule has 0 amide bonds.